The van der Waals surface area contributed by atoms with Gasteiger partial charge in [0.2, 0.25) is 0 Å². The number of aromatic nitrogens is 2. The number of fused-ring (bicyclic) bond motifs is 1. The standard InChI is InChI=1S/C14H13BrN2O/c1-9-7-10(15)5-6-12(9)17-13-3-2-4-14(18)11(13)8-16-17/h5-8H,2-4H2,1H3. The predicted octanol–water partition coefficient (Wildman–Crippen LogP) is 3.46. The second-order valence-electron chi connectivity index (χ2n) is 4.62. The molecule has 0 spiro atoms. The van der Waals surface area contributed by atoms with Gasteiger partial charge in [-0.3, -0.25) is 4.79 Å². The lowest BCUT2D eigenvalue weighted by atomic mass is 9.97. The van der Waals surface area contributed by atoms with Gasteiger partial charge < -0.3 is 0 Å². The maximum Gasteiger partial charge on any atom is 0.166 e. The quantitative estimate of drug-likeness (QED) is 0.808. The molecule has 1 aliphatic rings. The Balaban J connectivity index is 2.15. The molecule has 1 aliphatic carbocycles. The number of rotatable bonds is 1. The predicted molar refractivity (Wildman–Crippen MR) is 73.3 cm³/mol. The minimum atomic E-state index is 0.220. The van der Waals surface area contributed by atoms with E-state index < -0.39 is 0 Å². The number of benzene rings is 1. The second-order valence-corrected chi connectivity index (χ2v) is 5.54. The molecule has 3 rings (SSSR count). The summed E-state index contributed by atoms with van der Waals surface area (Å²) in [6, 6.07) is 6.10. The van der Waals surface area contributed by atoms with Gasteiger partial charge in [0, 0.05) is 10.9 Å². The van der Waals surface area contributed by atoms with Crippen LogP contribution in [0.2, 0.25) is 0 Å². The second kappa shape index (κ2) is 4.35. The van der Waals surface area contributed by atoms with E-state index in [9.17, 15) is 4.79 Å². The lowest BCUT2D eigenvalue weighted by Gasteiger charge is -2.14. The smallest absolute Gasteiger partial charge is 0.166 e. The SMILES string of the molecule is Cc1cc(Br)ccc1-n1ncc2c1CCCC2=O. The molecule has 1 heterocycles. The molecular weight excluding hydrogens is 292 g/mol. The first kappa shape index (κ1) is 11.7. The lowest BCUT2D eigenvalue weighted by molar-refractivity contribution is 0.0972. The van der Waals surface area contributed by atoms with Crippen LogP contribution in [0.15, 0.2) is 28.9 Å². The van der Waals surface area contributed by atoms with E-state index in [1.807, 2.05) is 16.8 Å². The average Bonchev–Trinajstić information content (AvgIpc) is 2.74. The fourth-order valence-electron chi connectivity index (χ4n) is 2.46. The van der Waals surface area contributed by atoms with Crippen LogP contribution in [0.3, 0.4) is 0 Å². The molecule has 0 aliphatic heterocycles. The minimum absolute atomic E-state index is 0.220. The summed E-state index contributed by atoms with van der Waals surface area (Å²) in [5.74, 6) is 0.220. The molecule has 0 radical (unpaired) electrons. The highest BCUT2D eigenvalue weighted by Crippen LogP contribution is 2.26. The van der Waals surface area contributed by atoms with Gasteiger partial charge in [0.15, 0.2) is 5.78 Å². The number of ketones is 1. The molecule has 0 bridgehead atoms. The van der Waals surface area contributed by atoms with E-state index in [4.69, 9.17) is 0 Å². The van der Waals surface area contributed by atoms with E-state index in [0.29, 0.717) is 6.42 Å². The van der Waals surface area contributed by atoms with Crippen molar-refractivity contribution in [2.75, 3.05) is 0 Å². The summed E-state index contributed by atoms with van der Waals surface area (Å²) >= 11 is 3.46. The highest BCUT2D eigenvalue weighted by atomic mass is 79.9. The Kier molecular flexibility index (Phi) is 2.82. The van der Waals surface area contributed by atoms with Gasteiger partial charge in [-0.1, -0.05) is 15.9 Å². The summed E-state index contributed by atoms with van der Waals surface area (Å²) < 4.78 is 2.97. The number of hydrogen-bond donors (Lipinski definition) is 0. The fraction of sp³-hybridized carbons (Fsp3) is 0.286. The number of carbonyl (C=O) groups is 1. The van der Waals surface area contributed by atoms with E-state index in [1.165, 1.54) is 0 Å². The van der Waals surface area contributed by atoms with Crippen molar-refractivity contribution in [1.29, 1.82) is 0 Å². The molecule has 4 heteroatoms. The Morgan fingerprint density at radius 2 is 2.17 bits per heavy atom. The van der Waals surface area contributed by atoms with Crippen molar-refractivity contribution in [3.63, 3.8) is 0 Å². The van der Waals surface area contributed by atoms with E-state index in [1.54, 1.807) is 6.20 Å². The molecule has 2 aromatic rings. The maximum atomic E-state index is 11.8. The zero-order chi connectivity index (χ0) is 12.7. The van der Waals surface area contributed by atoms with Gasteiger partial charge in [0.05, 0.1) is 23.1 Å². The largest absolute Gasteiger partial charge is 0.294 e. The first-order valence-electron chi connectivity index (χ1n) is 6.03. The number of nitrogens with zero attached hydrogens (tertiary/aromatic N) is 2. The monoisotopic (exact) mass is 304 g/mol. The van der Waals surface area contributed by atoms with E-state index >= 15 is 0 Å². The van der Waals surface area contributed by atoms with Crippen molar-refractivity contribution in [3.8, 4) is 5.69 Å². The van der Waals surface area contributed by atoms with Crippen LogP contribution in [-0.2, 0) is 6.42 Å². The molecule has 0 atom stereocenters. The summed E-state index contributed by atoms with van der Waals surface area (Å²) in [5.41, 5.74) is 4.04. The van der Waals surface area contributed by atoms with Crippen LogP contribution in [0.5, 0.6) is 0 Å². The number of carbonyl (C=O) groups excluding carboxylic acids is 1. The van der Waals surface area contributed by atoms with E-state index in [2.05, 4.69) is 34.0 Å². The fourth-order valence-corrected chi connectivity index (χ4v) is 2.94. The number of halogens is 1. The van der Waals surface area contributed by atoms with Gasteiger partial charge in [-0.15, -0.1) is 0 Å². The summed E-state index contributed by atoms with van der Waals surface area (Å²) in [6.45, 7) is 2.05. The van der Waals surface area contributed by atoms with Crippen molar-refractivity contribution in [2.45, 2.75) is 26.2 Å². The van der Waals surface area contributed by atoms with Gasteiger partial charge >= 0.3 is 0 Å². The van der Waals surface area contributed by atoms with Crippen LogP contribution in [0.4, 0.5) is 0 Å². The van der Waals surface area contributed by atoms with Crippen molar-refractivity contribution >= 4 is 21.7 Å². The molecule has 92 valence electrons. The normalized spacial score (nSPS) is 14.7. The number of hydrogen-bond acceptors (Lipinski definition) is 2. The zero-order valence-corrected chi connectivity index (χ0v) is 11.7. The number of Topliss-reactive ketones (excluding diaryl/α,β-unsaturated/α-hetero) is 1. The third-order valence-electron chi connectivity index (χ3n) is 3.37. The Morgan fingerprint density at radius 1 is 1.33 bits per heavy atom. The molecular formula is C14H13BrN2O. The topological polar surface area (TPSA) is 34.9 Å². The minimum Gasteiger partial charge on any atom is -0.294 e. The molecule has 0 amide bonds. The molecule has 0 saturated carbocycles. The molecule has 3 nitrogen and oxygen atoms in total. The van der Waals surface area contributed by atoms with E-state index in [0.717, 1.165) is 39.8 Å². The molecule has 1 aromatic carbocycles. The van der Waals surface area contributed by atoms with Crippen molar-refractivity contribution in [1.82, 2.24) is 9.78 Å². The molecule has 1 aromatic heterocycles. The van der Waals surface area contributed by atoms with Crippen LogP contribution >= 0.6 is 15.9 Å². The summed E-state index contributed by atoms with van der Waals surface area (Å²) in [4.78, 5) is 11.8. The molecule has 0 saturated heterocycles. The molecule has 0 unspecified atom stereocenters. The Bertz CT molecular complexity index is 631. The van der Waals surface area contributed by atoms with Crippen LogP contribution in [-0.4, -0.2) is 15.6 Å². The van der Waals surface area contributed by atoms with E-state index in [-0.39, 0.29) is 5.78 Å². The number of aryl methyl sites for hydroxylation is 1. The van der Waals surface area contributed by atoms with Crippen molar-refractivity contribution < 1.29 is 4.79 Å². The summed E-state index contributed by atoms with van der Waals surface area (Å²) in [5, 5.41) is 4.39. The van der Waals surface area contributed by atoms with Crippen molar-refractivity contribution in [2.24, 2.45) is 0 Å². The summed E-state index contributed by atoms with van der Waals surface area (Å²) in [6.07, 6.45) is 4.21. The molecule has 18 heavy (non-hydrogen) atoms. The summed E-state index contributed by atoms with van der Waals surface area (Å²) in [7, 11) is 0. The third-order valence-corrected chi connectivity index (χ3v) is 3.87. The first-order chi connectivity index (χ1) is 8.66. The van der Waals surface area contributed by atoms with Crippen LogP contribution in [0.25, 0.3) is 5.69 Å². The van der Waals surface area contributed by atoms with Gasteiger partial charge in [0.1, 0.15) is 0 Å². The molecule has 0 N–H and O–H groups in total. The first-order valence-corrected chi connectivity index (χ1v) is 6.83. The van der Waals surface area contributed by atoms with Gasteiger partial charge in [-0.25, -0.2) is 4.68 Å². The van der Waals surface area contributed by atoms with Crippen LogP contribution in [0.1, 0.15) is 34.5 Å². The van der Waals surface area contributed by atoms with Crippen LogP contribution in [0, 0.1) is 6.92 Å². The Morgan fingerprint density at radius 3 is 2.94 bits per heavy atom. The van der Waals surface area contributed by atoms with Gasteiger partial charge in [-0.2, -0.15) is 5.10 Å². The third kappa shape index (κ3) is 1.81. The lowest BCUT2D eigenvalue weighted by Crippen LogP contribution is -2.13. The van der Waals surface area contributed by atoms with Gasteiger partial charge in [-0.05, 0) is 43.5 Å². The molecule has 0 fully saturated rings. The highest BCUT2D eigenvalue weighted by Gasteiger charge is 2.22. The Hall–Kier alpha value is -1.42. The highest BCUT2D eigenvalue weighted by molar-refractivity contribution is 9.10. The average molecular weight is 305 g/mol. The van der Waals surface area contributed by atoms with Crippen LogP contribution < -0.4 is 0 Å². The maximum absolute atomic E-state index is 11.8. The Labute approximate surface area is 114 Å². The van der Waals surface area contributed by atoms with Crippen molar-refractivity contribution in [3.05, 3.63) is 45.7 Å². The van der Waals surface area contributed by atoms with Gasteiger partial charge in [0.25, 0.3) is 0 Å². The zero-order valence-electron chi connectivity index (χ0n) is 10.1.